The van der Waals surface area contributed by atoms with E-state index in [0.29, 0.717) is 26.1 Å². The lowest BCUT2D eigenvalue weighted by Gasteiger charge is -2.36. The molecule has 1 aromatic rings. The third-order valence-corrected chi connectivity index (χ3v) is 6.48. The van der Waals surface area contributed by atoms with E-state index in [0.717, 1.165) is 6.26 Å². The van der Waals surface area contributed by atoms with Gasteiger partial charge in [-0.1, -0.05) is 0 Å². The Bertz CT molecular complexity index is 720. The maximum absolute atomic E-state index is 12.5. The van der Waals surface area contributed by atoms with Crippen LogP contribution < -0.4 is 10.5 Å². The van der Waals surface area contributed by atoms with Crippen molar-refractivity contribution in [3.63, 3.8) is 0 Å². The van der Waals surface area contributed by atoms with E-state index in [1.54, 1.807) is 0 Å². The molecule has 9 heteroatoms. The van der Waals surface area contributed by atoms with Crippen molar-refractivity contribution in [3.8, 4) is 0 Å². The van der Waals surface area contributed by atoms with Gasteiger partial charge < -0.3 is 10.5 Å². The van der Waals surface area contributed by atoms with Crippen LogP contribution in [0.4, 0.5) is 0 Å². The molecule has 0 aliphatic carbocycles. The van der Waals surface area contributed by atoms with Gasteiger partial charge >= 0.3 is 0 Å². The van der Waals surface area contributed by atoms with E-state index < -0.39 is 25.4 Å². The van der Waals surface area contributed by atoms with Crippen molar-refractivity contribution in [3.05, 3.63) is 24.3 Å². The van der Waals surface area contributed by atoms with Gasteiger partial charge in [-0.3, -0.25) is 0 Å². The molecule has 124 valence electrons. The molecule has 22 heavy (non-hydrogen) atoms. The van der Waals surface area contributed by atoms with E-state index in [1.807, 2.05) is 0 Å². The number of hydrogen-bond donors (Lipinski definition) is 2. The summed E-state index contributed by atoms with van der Waals surface area (Å²) < 4.78 is 55.7. The first-order valence-electron chi connectivity index (χ1n) is 6.80. The average molecular weight is 348 g/mol. The maximum atomic E-state index is 12.5. The normalized spacial score (nSPS) is 19.0. The van der Waals surface area contributed by atoms with Crippen molar-refractivity contribution >= 4 is 19.9 Å². The third-order valence-electron chi connectivity index (χ3n) is 3.75. The summed E-state index contributed by atoms with van der Waals surface area (Å²) in [5, 5.41) is 0. The molecule has 0 aromatic heterocycles. The molecular weight excluding hydrogens is 328 g/mol. The van der Waals surface area contributed by atoms with Crippen molar-refractivity contribution in [1.82, 2.24) is 4.72 Å². The number of sulfone groups is 1. The Morgan fingerprint density at radius 2 is 1.59 bits per heavy atom. The molecule has 0 spiro atoms. The fraction of sp³-hybridized carbons (Fsp3) is 0.538. The second-order valence-electron chi connectivity index (χ2n) is 5.45. The Kier molecular flexibility index (Phi) is 4.93. The molecule has 1 heterocycles. The maximum Gasteiger partial charge on any atom is 0.241 e. The van der Waals surface area contributed by atoms with E-state index in [4.69, 9.17) is 10.5 Å². The zero-order valence-corrected chi connectivity index (χ0v) is 13.9. The second kappa shape index (κ2) is 6.25. The standard InChI is InChI=1S/C13H20N2O5S2/c1-21(16,17)11-2-4-12(5-3-11)22(18,19)15-13(10-14)6-8-20-9-7-13/h2-5,15H,6-10,14H2,1H3. The van der Waals surface area contributed by atoms with Gasteiger partial charge in [-0.2, -0.15) is 0 Å². The number of hydrogen-bond acceptors (Lipinski definition) is 6. The zero-order valence-electron chi connectivity index (χ0n) is 12.3. The van der Waals surface area contributed by atoms with Gasteiger partial charge in [0, 0.05) is 31.6 Å². The van der Waals surface area contributed by atoms with Crippen LogP contribution in [0.25, 0.3) is 0 Å². The van der Waals surface area contributed by atoms with Crippen LogP contribution in [-0.2, 0) is 24.6 Å². The van der Waals surface area contributed by atoms with Crippen LogP contribution in [0.5, 0.6) is 0 Å². The predicted molar refractivity (Wildman–Crippen MR) is 81.7 cm³/mol. The van der Waals surface area contributed by atoms with Crippen molar-refractivity contribution in [2.24, 2.45) is 5.73 Å². The van der Waals surface area contributed by atoms with E-state index >= 15 is 0 Å². The highest BCUT2D eigenvalue weighted by Crippen LogP contribution is 2.23. The molecule has 1 aliphatic rings. The van der Waals surface area contributed by atoms with E-state index in [2.05, 4.69) is 4.72 Å². The number of ether oxygens (including phenoxy) is 1. The predicted octanol–water partition coefficient (Wildman–Crippen LogP) is -0.124. The quantitative estimate of drug-likeness (QED) is 0.766. The Labute approximate surface area is 130 Å². The summed E-state index contributed by atoms with van der Waals surface area (Å²) in [5.41, 5.74) is 5.03. The van der Waals surface area contributed by atoms with Crippen LogP contribution in [0, 0.1) is 0 Å². The highest BCUT2D eigenvalue weighted by atomic mass is 32.2. The SMILES string of the molecule is CS(=O)(=O)c1ccc(S(=O)(=O)NC2(CN)CCOCC2)cc1. The number of rotatable bonds is 5. The van der Waals surface area contributed by atoms with E-state index in [1.165, 1.54) is 24.3 Å². The summed E-state index contributed by atoms with van der Waals surface area (Å²) in [5.74, 6) is 0. The first-order valence-corrected chi connectivity index (χ1v) is 10.2. The Morgan fingerprint density at radius 3 is 2.05 bits per heavy atom. The van der Waals surface area contributed by atoms with Crippen LogP contribution in [0.15, 0.2) is 34.1 Å². The van der Waals surface area contributed by atoms with Gasteiger partial charge in [0.25, 0.3) is 0 Å². The highest BCUT2D eigenvalue weighted by Gasteiger charge is 2.35. The van der Waals surface area contributed by atoms with Crippen LogP contribution >= 0.6 is 0 Å². The zero-order chi connectivity index (χ0) is 16.4. The minimum absolute atomic E-state index is 0.0132. The number of nitrogens with one attached hydrogen (secondary N) is 1. The van der Waals surface area contributed by atoms with Crippen LogP contribution in [0.1, 0.15) is 12.8 Å². The van der Waals surface area contributed by atoms with Crippen molar-refractivity contribution in [1.29, 1.82) is 0 Å². The highest BCUT2D eigenvalue weighted by molar-refractivity contribution is 7.90. The second-order valence-corrected chi connectivity index (χ2v) is 9.14. The largest absolute Gasteiger partial charge is 0.381 e. The molecule has 0 bridgehead atoms. The van der Waals surface area contributed by atoms with Crippen LogP contribution in [0.2, 0.25) is 0 Å². The molecule has 0 amide bonds. The lowest BCUT2D eigenvalue weighted by atomic mass is 9.92. The molecule has 0 unspecified atom stereocenters. The Balaban J connectivity index is 2.26. The molecule has 1 aromatic carbocycles. The number of benzene rings is 1. The Morgan fingerprint density at radius 1 is 1.09 bits per heavy atom. The molecule has 0 saturated carbocycles. The molecule has 0 radical (unpaired) electrons. The summed E-state index contributed by atoms with van der Waals surface area (Å²) in [6, 6.07) is 5.12. The van der Waals surface area contributed by atoms with Gasteiger partial charge in [0.2, 0.25) is 10.0 Å². The summed E-state index contributed by atoms with van der Waals surface area (Å²) >= 11 is 0. The lowest BCUT2D eigenvalue weighted by molar-refractivity contribution is 0.0502. The average Bonchev–Trinajstić information content (AvgIpc) is 2.47. The summed E-state index contributed by atoms with van der Waals surface area (Å²) in [6.07, 6.45) is 2.08. The van der Waals surface area contributed by atoms with Crippen molar-refractivity contribution in [2.75, 3.05) is 26.0 Å². The first-order chi connectivity index (χ1) is 10.2. The van der Waals surface area contributed by atoms with Crippen molar-refractivity contribution < 1.29 is 21.6 Å². The summed E-state index contributed by atoms with van der Waals surface area (Å²) in [4.78, 5) is 0.0882. The molecule has 3 N–H and O–H groups in total. The molecule has 0 atom stereocenters. The summed E-state index contributed by atoms with van der Waals surface area (Å²) in [6.45, 7) is 1.08. The number of nitrogens with two attached hydrogens (primary N) is 1. The smallest absolute Gasteiger partial charge is 0.241 e. The van der Waals surface area contributed by atoms with Crippen LogP contribution in [0.3, 0.4) is 0 Å². The van der Waals surface area contributed by atoms with Gasteiger partial charge in [0.15, 0.2) is 9.84 Å². The van der Waals surface area contributed by atoms with Gasteiger partial charge in [0.05, 0.1) is 9.79 Å². The molecule has 7 nitrogen and oxygen atoms in total. The minimum atomic E-state index is -3.77. The van der Waals surface area contributed by atoms with Gasteiger partial charge in [0.1, 0.15) is 0 Å². The molecular formula is C13H20N2O5S2. The van der Waals surface area contributed by atoms with E-state index in [-0.39, 0.29) is 16.3 Å². The van der Waals surface area contributed by atoms with Gasteiger partial charge in [-0.25, -0.2) is 21.6 Å². The topological polar surface area (TPSA) is 116 Å². The molecule has 1 saturated heterocycles. The van der Waals surface area contributed by atoms with Gasteiger partial charge in [-0.05, 0) is 37.1 Å². The molecule has 1 aliphatic heterocycles. The Hall–Kier alpha value is -1.00. The van der Waals surface area contributed by atoms with E-state index in [9.17, 15) is 16.8 Å². The van der Waals surface area contributed by atoms with Crippen molar-refractivity contribution in [2.45, 2.75) is 28.2 Å². The van der Waals surface area contributed by atoms with Gasteiger partial charge in [-0.15, -0.1) is 0 Å². The monoisotopic (exact) mass is 348 g/mol. The fourth-order valence-electron chi connectivity index (χ4n) is 2.32. The minimum Gasteiger partial charge on any atom is -0.381 e. The first kappa shape index (κ1) is 17.4. The molecule has 1 fully saturated rings. The third kappa shape index (κ3) is 3.85. The van der Waals surface area contributed by atoms with Crippen LogP contribution in [-0.4, -0.2) is 48.4 Å². The lowest BCUT2D eigenvalue weighted by Crippen LogP contribution is -2.56. The number of sulfonamides is 1. The summed E-state index contributed by atoms with van der Waals surface area (Å²) in [7, 11) is -7.13. The fourth-order valence-corrected chi connectivity index (χ4v) is 4.42. The molecule has 2 rings (SSSR count).